The number of carbonyl (C=O) groups is 1. The van der Waals surface area contributed by atoms with Crippen LogP contribution < -0.4 is 5.48 Å². The molecule has 1 fully saturated rings. The average Bonchev–Trinajstić information content (AvgIpc) is 3.19. The summed E-state index contributed by atoms with van der Waals surface area (Å²) in [5.41, 5.74) is 8.01. The van der Waals surface area contributed by atoms with Crippen molar-refractivity contribution in [3.63, 3.8) is 0 Å². The van der Waals surface area contributed by atoms with E-state index in [9.17, 15) is 4.79 Å². The molecule has 0 unspecified atom stereocenters. The molecule has 194 valence electrons. The molecule has 2 N–H and O–H groups in total. The third kappa shape index (κ3) is 6.48. The van der Waals surface area contributed by atoms with Gasteiger partial charge in [-0.1, -0.05) is 36.4 Å². The highest BCUT2D eigenvalue weighted by atomic mass is 35.5. The summed E-state index contributed by atoms with van der Waals surface area (Å²) in [6.07, 6.45) is 4.12. The summed E-state index contributed by atoms with van der Waals surface area (Å²) in [4.78, 5) is 16.5. The second kappa shape index (κ2) is 13.2. The van der Waals surface area contributed by atoms with Gasteiger partial charge in [0.2, 0.25) is 0 Å². The molecule has 2 aromatic carbocycles. The molecule has 2 aliphatic rings. The zero-order valence-corrected chi connectivity index (χ0v) is 21.9. The second-order valence-electron chi connectivity index (χ2n) is 9.06. The number of amides is 1. The Morgan fingerprint density at radius 1 is 1.00 bits per heavy atom. The molecule has 0 bridgehead atoms. The van der Waals surface area contributed by atoms with Crippen molar-refractivity contribution >= 4 is 47.7 Å². The Kier molecular flexibility index (Phi) is 10.4. The third-order valence-corrected chi connectivity index (χ3v) is 6.89. The predicted molar refractivity (Wildman–Crippen MR) is 147 cm³/mol. The highest BCUT2D eigenvalue weighted by Gasteiger charge is 2.24. The van der Waals surface area contributed by atoms with Crippen molar-refractivity contribution in [2.45, 2.75) is 26.1 Å². The van der Waals surface area contributed by atoms with Gasteiger partial charge in [0.1, 0.15) is 0 Å². The molecule has 0 radical (unpaired) electrons. The van der Waals surface area contributed by atoms with Gasteiger partial charge >= 0.3 is 0 Å². The van der Waals surface area contributed by atoms with Crippen molar-refractivity contribution in [3.8, 4) is 0 Å². The summed E-state index contributed by atoms with van der Waals surface area (Å²) >= 11 is 0. The fraction of sp³-hybridized carbons (Fsp3) is 0.370. The maximum Gasteiger partial charge on any atom is 0.267 e. The molecule has 9 heteroatoms. The summed E-state index contributed by atoms with van der Waals surface area (Å²) in [5.74, 6) is -0.528. The van der Waals surface area contributed by atoms with Crippen LogP contribution in [0.3, 0.4) is 0 Å². The van der Waals surface area contributed by atoms with Crippen LogP contribution in [-0.2, 0) is 35.6 Å². The topological polar surface area (TPSA) is 70.0 Å². The van der Waals surface area contributed by atoms with Crippen LogP contribution in [0.2, 0.25) is 0 Å². The standard InChI is InChI=1S/C27H32N4O3.2ClH/c32-27(28-33)9-7-21-6-8-25-23(18-21)24-20-30(19-22-4-2-1-3-5-22)11-10-26(24)31(25)13-12-29-14-16-34-17-15-29;;/h1-9,18,33H,10-17,19-20H2,(H,28,32);2*1H/b9-7+;;. The van der Waals surface area contributed by atoms with E-state index in [1.165, 1.54) is 33.8 Å². The number of hydrogen-bond donors (Lipinski definition) is 2. The number of fused-ring (bicyclic) bond motifs is 3. The summed E-state index contributed by atoms with van der Waals surface area (Å²) in [7, 11) is 0. The van der Waals surface area contributed by atoms with Crippen molar-refractivity contribution in [1.29, 1.82) is 0 Å². The van der Waals surface area contributed by atoms with Crippen LogP contribution in [0, 0.1) is 0 Å². The molecule has 7 nitrogen and oxygen atoms in total. The van der Waals surface area contributed by atoms with E-state index < -0.39 is 5.91 Å². The summed E-state index contributed by atoms with van der Waals surface area (Å²) in [6.45, 7) is 8.50. The van der Waals surface area contributed by atoms with Gasteiger partial charge in [0, 0.05) is 74.9 Å². The highest BCUT2D eigenvalue weighted by molar-refractivity contribution is 5.93. The molecule has 3 heterocycles. The molecule has 36 heavy (non-hydrogen) atoms. The van der Waals surface area contributed by atoms with E-state index in [1.807, 2.05) is 6.07 Å². The Morgan fingerprint density at radius 3 is 2.53 bits per heavy atom. The first kappa shape index (κ1) is 28.2. The Labute approximate surface area is 224 Å². The Hall–Kier alpha value is -2.39. The fourth-order valence-electron chi connectivity index (χ4n) is 5.13. The van der Waals surface area contributed by atoms with Crippen LogP contribution in [0.5, 0.6) is 0 Å². The minimum absolute atomic E-state index is 0. The lowest BCUT2D eigenvalue weighted by molar-refractivity contribution is -0.124. The number of carbonyl (C=O) groups excluding carboxylic acids is 1. The first-order valence-electron chi connectivity index (χ1n) is 12.0. The molecular formula is C27H34Cl2N4O3. The summed E-state index contributed by atoms with van der Waals surface area (Å²) < 4.78 is 8.02. The quantitative estimate of drug-likeness (QED) is 0.274. The first-order chi connectivity index (χ1) is 16.7. The van der Waals surface area contributed by atoms with Crippen molar-refractivity contribution < 1.29 is 14.7 Å². The predicted octanol–water partition coefficient (Wildman–Crippen LogP) is 3.89. The number of benzene rings is 2. The fourth-order valence-corrected chi connectivity index (χ4v) is 5.13. The monoisotopic (exact) mass is 532 g/mol. The van der Waals surface area contributed by atoms with E-state index in [0.29, 0.717) is 0 Å². The Morgan fingerprint density at radius 2 is 1.78 bits per heavy atom. The normalized spacial score (nSPS) is 16.4. The van der Waals surface area contributed by atoms with Gasteiger partial charge in [-0.05, 0) is 34.9 Å². The van der Waals surface area contributed by atoms with E-state index in [2.05, 4.69) is 56.8 Å². The number of nitrogens with zero attached hydrogens (tertiary/aromatic N) is 3. The number of nitrogens with one attached hydrogen (secondary N) is 1. The van der Waals surface area contributed by atoms with E-state index in [0.717, 1.165) is 71.0 Å². The molecule has 0 aliphatic carbocycles. The zero-order chi connectivity index (χ0) is 23.3. The molecule has 5 rings (SSSR count). The summed E-state index contributed by atoms with van der Waals surface area (Å²) in [6, 6.07) is 17.0. The SMILES string of the molecule is Cl.Cl.O=C(/C=C/c1ccc2c(c1)c1c(n2CCN2CCOCC2)CCN(Cc2ccccc2)C1)NO. The number of hydrogen-bond acceptors (Lipinski definition) is 5. The van der Waals surface area contributed by atoms with E-state index in [-0.39, 0.29) is 24.8 Å². The van der Waals surface area contributed by atoms with Gasteiger partial charge < -0.3 is 9.30 Å². The van der Waals surface area contributed by atoms with Crippen LogP contribution in [-0.4, -0.2) is 64.9 Å². The molecular weight excluding hydrogens is 499 g/mol. The molecule has 0 saturated carbocycles. The minimum Gasteiger partial charge on any atom is -0.379 e. The van der Waals surface area contributed by atoms with Gasteiger partial charge in [0.05, 0.1) is 13.2 Å². The molecule has 0 spiro atoms. The van der Waals surface area contributed by atoms with Crippen molar-refractivity contribution in [2.24, 2.45) is 0 Å². The third-order valence-electron chi connectivity index (χ3n) is 6.89. The first-order valence-corrected chi connectivity index (χ1v) is 12.0. The van der Waals surface area contributed by atoms with Gasteiger partial charge in [0.25, 0.3) is 5.91 Å². The Balaban J connectivity index is 0.00000180. The smallest absolute Gasteiger partial charge is 0.267 e. The second-order valence-corrected chi connectivity index (χ2v) is 9.06. The maximum absolute atomic E-state index is 11.5. The largest absolute Gasteiger partial charge is 0.379 e. The van der Waals surface area contributed by atoms with Crippen LogP contribution in [0.4, 0.5) is 0 Å². The zero-order valence-electron chi connectivity index (χ0n) is 20.3. The molecule has 1 amide bonds. The number of morpholine rings is 1. The Bertz CT molecular complexity index is 1180. The lowest BCUT2D eigenvalue weighted by Crippen LogP contribution is -2.38. The van der Waals surface area contributed by atoms with Gasteiger partial charge in [0.15, 0.2) is 0 Å². The average molecular weight is 534 g/mol. The van der Waals surface area contributed by atoms with Crippen LogP contribution in [0.15, 0.2) is 54.6 Å². The molecule has 1 saturated heterocycles. The van der Waals surface area contributed by atoms with Crippen LogP contribution in [0.1, 0.15) is 22.4 Å². The molecule has 3 aromatic rings. The maximum atomic E-state index is 11.5. The molecule has 2 aliphatic heterocycles. The van der Waals surface area contributed by atoms with E-state index >= 15 is 0 Å². The summed E-state index contributed by atoms with van der Waals surface area (Å²) in [5, 5.41) is 10.0. The molecule has 0 atom stereocenters. The van der Waals surface area contributed by atoms with Crippen LogP contribution in [0.25, 0.3) is 17.0 Å². The van der Waals surface area contributed by atoms with E-state index in [1.54, 1.807) is 11.6 Å². The van der Waals surface area contributed by atoms with Crippen molar-refractivity contribution in [1.82, 2.24) is 19.8 Å². The van der Waals surface area contributed by atoms with Crippen molar-refractivity contribution in [3.05, 3.63) is 77.0 Å². The number of rotatable bonds is 7. The van der Waals surface area contributed by atoms with Crippen LogP contribution >= 0.6 is 24.8 Å². The number of ether oxygens (including phenoxy) is 1. The lowest BCUT2D eigenvalue weighted by atomic mass is 10.0. The number of aromatic nitrogens is 1. The highest BCUT2D eigenvalue weighted by Crippen LogP contribution is 2.32. The van der Waals surface area contributed by atoms with Gasteiger partial charge in [-0.3, -0.25) is 19.8 Å². The minimum atomic E-state index is -0.528. The number of halogens is 2. The van der Waals surface area contributed by atoms with E-state index in [4.69, 9.17) is 9.94 Å². The van der Waals surface area contributed by atoms with Gasteiger partial charge in [-0.25, -0.2) is 5.48 Å². The number of hydroxylamine groups is 1. The van der Waals surface area contributed by atoms with Crippen molar-refractivity contribution in [2.75, 3.05) is 39.4 Å². The van der Waals surface area contributed by atoms with Gasteiger partial charge in [-0.2, -0.15) is 0 Å². The lowest BCUT2D eigenvalue weighted by Gasteiger charge is -2.29. The molecule has 1 aromatic heterocycles. The van der Waals surface area contributed by atoms with Gasteiger partial charge in [-0.15, -0.1) is 24.8 Å².